The molecule has 2 amide bonds. The summed E-state index contributed by atoms with van der Waals surface area (Å²) in [6.45, 7) is 0.737. The van der Waals surface area contributed by atoms with Crippen LogP contribution in [-0.4, -0.2) is 63.5 Å². The van der Waals surface area contributed by atoms with Crippen LogP contribution in [0.4, 0.5) is 13.2 Å². The Hall–Kier alpha value is -3.05. The van der Waals surface area contributed by atoms with Gasteiger partial charge in [-0.1, -0.05) is 6.07 Å². The standard InChI is InChI=1S/C24H28F3N5O3/c25-24(26,27)17-4-1-3-16(13-17)21(34)30-14-20(33)32-12-7-19(15-32)31-18-5-8-23(35,9-6-18)22-28-10-2-11-29-22/h1-4,10-11,13,18-19,31,35H,5-9,12,14-15H2,(H,30,34). The third kappa shape index (κ3) is 6.15. The van der Waals surface area contributed by atoms with Crippen LogP contribution in [0.1, 0.15) is 53.8 Å². The molecular weight excluding hydrogens is 463 g/mol. The zero-order valence-corrected chi connectivity index (χ0v) is 19.1. The fourth-order valence-electron chi connectivity index (χ4n) is 4.69. The van der Waals surface area contributed by atoms with E-state index in [4.69, 9.17) is 0 Å². The number of aliphatic hydroxyl groups is 1. The van der Waals surface area contributed by atoms with Crippen molar-refractivity contribution in [3.63, 3.8) is 0 Å². The SMILES string of the molecule is O=C(NCC(=O)N1CCC(NC2CCC(O)(c3ncccn3)CC2)C1)c1cccc(C(F)(F)F)c1. The highest BCUT2D eigenvalue weighted by Crippen LogP contribution is 2.35. The van der Waals surface area contributed by atoms with Crippen LogP contribution < -0.4 is 10.6 Å². The minimum Gasteiger partial charge on any atom is -0.382 e. The molecule has 0 radical (unpaired) electrons. The second-order valence-electron chi connectivity index (χ2n) is 9.13. The first-order valence-corrected chi connectivity index (χ1v) is 11.6. The van der Waals surface area contributed by atoms with Gasteiger partial charge in [0.2, 0.25) is 5.91 Å². The first-order valence-electron chi connectivity index (χ1n) is 11.6. The Morgan fingerprint density at radius 3 is 2.49 bits per heavy atom. The molecule has 3 N–H and O–H groups in total. The van der Waals surface area contributed by atoms with Crippen molar-refractivity contribution in [2.45, 2.75) is 56.0 Å². The smallest absolute Gasteiger partial charge is 0.382 e. The largest absolute Gasteiger partial charge is 0.416 e. The molecule has 35 heavy (non-hydrogen) atoms. The molecule has 8 nitrogen and oxygen atoms in total. The molecule has 0 spiro atoms. The minimum absolute atomic E-state index is 0.0993. The van der Waals surface area contributed by atoms with E-state index in [1.165, 1.54) is 6.07 Å². The van der Waals surface area contributed by atoms with Crippen LogP contribution in [0.3, 0.4) is 0 Å². The van der Waals surface area contributed by atoms with Gasteiger partial charge in [0.25, 0.3) is 5.91 Å². The van der Waals surface area contributed by atoms with E-state index in [2.05, 4.69) is 20.6 Å². The predicted octanol–water partition coefficient (Wildman–Crippen LogP) is 2.25. The van der Waals surface area contributed by atoms with Crippen molar-refractivity contribution in [1.82, 2.24) is 25.5 Å². The van der Waals surface area contributed by atoms with Crippen molar-refractivity contribution in [3.8, 4) is 0 Å². The van der Waals surface area contributed by atoms with Crippen molar-refractivity contribution in [2.24, 2.45) is 0 Å². The molecule has 2 aromatic rings. The fourth-order valence-corrected chi connectivity index (χ4v) is 4.69. The number of nitrogens with zero attached hydrogens (tertiary/aromatic N) is 3. The van der Waals surface area contributed by atoms with E-state index in [1.54, 1.807) is 23.4 Å². The van der Waals surface area contributed by atoms with Crippen LogP contribution >= 0.6 is 0 Å². The summed E-state index contributed by atoms with van der Waals surface area (Å²) < 4.78 is 38.6. The van der Waals surface area contributed by atoms with Crippen molar-refractivity contribution in [2.75, 3.05) is 19.6 Å². The van der Waals surface area contributed by atoms with Gasteiger partial charge in [0.15, 0.2) is 5.82 Å². The first-order chi connectivity index (χ1) is 16.6. The quantitative estimate of drug-likeness (QED) is 0.572. The number of nitrogens with one attached hydrogen (secondary N) is 2. The summed E-state index contributed by atoms with van der Waals surface area (Å²) in [6.07, 6.45) is 2.06. The van der Waals surface area contributed by atoms with Crippen LogP contribution in [-0.2, 0) is 16.6 Å². The average Bonchev–Trinajstić information content (AvgIpc) is 3.32. The maximum atomic E-state index is 12.9. The molecule has 11 heteroatoms. The van der Waals surface area contributed by atoms with Crippen LogP contribution in [0.25, 0.3) is 0 Å². The third-order valence-corrected chi connectivity index (χ3v) is 6.66. The van der Waals surface area contributed by atoms with Gasteiger partial charge in [-0.2, -0.15) is 13.2 Å². The molecule has 1 aromatic carbocycles. The zero-order valence-electron chi connectivity index (χ0n) is 19.1. The molecule has 1 unspecified atom stereocenters. The number of carbonyl (C=O) groups excluding carboxylic acids is 2. The minimum atomic E-state index is -4.55. The molecule has 1 atom stereocenters. The lowest BCUT2D eigenvalue weighted by atomic mass is 9.81. The van der Waals surface area contributed by atoms with E-state index >= 15 is 0 Å². The molecule has 2 heterocycles. The number of benzene rings is 1. The lowest BCUT2D eigenvalue weighted by molar-refractivity contribution is -0.137. The Morgan fingerprint density at radius 2 is 1.80 bits per heavy atom. The van der Waals surface area contributed by atoms with Gasteiger partial charge in [-0.3, -0.25) is 9.59 Å². The van der Waals surface area contributed by atoms with Gasteiger partial charge in [0, 0.05) is 43.1 Å². The van der Waals surface area contributed by atoms with Crippen molar-refractivity contribution < 1.29 is 27.9 Å². The van der Waals surface area contributed by atoms with Gasteiger partial charge in [-0.15, -0.1) is 0 Å². The molecule has 1 saturated carbocycles. The van der Waals surface area contributed by atoms with Gasteiger partial charge < -0.3 is 20.6 Å². The second-order valence-corrected chi connectivity index (χ2v) is 9.13. The van der Waals surface area contributed by atoms with E-state index in [0.717, 1.165) is 37.5 Å². The summed E-state index contributed by atoms with van der Waals surface area (Å²) in [5.41, 5.74) is -2.08. The van der Waals surface area contributed by atoms with Crippen LogP contribution in [0.5, 0.6) is 0 Å². The summed E-state index contributed by atoms with van der Waals surface area (Å²) in [7, 11) is 0. The summed E-state index contributed by atoms with van der Waals surface area (Å²) in [5.74, 6) is -0.562. The number of aromatic nitrogens is 2. The molecule has 1 aromatic heterocycles. The number of hydrogen-bond donors (Lipinski definition) is 3. The van der Waals surface area contributed by atoms with Crippen molar-refractivity contribution >= 4 is 11.8 Å². The third-order valence-electron chi connectivity index (χ3n) is 6.66. The molecule has 1 saturated heterocycles. The normalized spacial score (nSPS) is 24.9. The average molecular weight is 492 g/mol. The Balaban J connectivity index is 1.21. The summed E-state index contributed by atoms with van der Waals surface area (Å²) >= 11 is 0. The monoisotopic (exact) mass is 491 g/mol. The topological polar surface area (TPSA) is 107 Å². The summed E-state index contributed by atoms with van der Waals surface area (Å²) in [4.78, 5) is 34.8. The number of halogens is 3. The summed E-state index contributed by atoms with van der Waals surface area (Å²) in [6, 6.07) is 6.12. The first kappa shape index (κ1) is 25.1. The van der Waals surface area contributed by atoms with Gasteiger partial charge in [0.05, 0.1) is 12.1 Å². The van der Waals surface area contributed by atoms with Crippen LogP contribution in [0.2, 0.25) is 0 Å². The molecule has 1 aliphatic carbocycles. The van der Waals surface area contributed by atoms with Crippen molar-refractivity contribution in [3.05, 3.63) is 59.7 Å². The predicted molar refractivity (Wildman–Crippen MR) is 120 cm³/mol. The number of rotatable bonds is 6. The van der Waals surface area contributed by atoms with Crippen LogP contribution in [0.15, 0.2) is 42.7 Å². The van der Waals surface area contributed by atoms with Gasteiger partial charge >= 0.3 is 6.18 Å². The van der Waals surface area contributed by atoms with Gasteiger partial charge in [-0.25, -0.2) is 9.97 Å². The number of carbonyl (C=O) groups is 2. The molecule has 4 rings (SSSR count). The zero-order chi connectivity index (χ0) is 25.1. The van der Waals surface area contributed by atoms with E-state index in [0.29, 0.717) is 31.8 Å². The Kier molecular flexibility index (Phi) is 7.36. The molecular formula is C24H28F3N5O3. The fraction of sp³-hybridized carbons (Fsp3) is 0.500. The van der Waals surface area contributed by atoms with E-state index in [-0.39, 0.29) is 30.1 Å². The highest BCUT2D eigenvalue weighted by molar-refractivity contribution is 5.96. The molecule has 188 valence electrons. The number of alkyl halides is 3. The van der Waals surface area contributed by atoms with Gasteiger partial charge in [0.1, 0.15) is 5.60 Å². The molecule has 1 aliphatic heterocycles. The maximum absolute atomic E-state index is 12.9. The maximum Gasteiger partial charge on any atom is 0.416 e. The van der Waals surface area contributed by atoms with Gasteiger partial charge in [-0.05, 0) is 56.4 Å². The number of hydrogen-bond acceptors (Lipinski definition) is 6. The molecule has 0 bridgehead atoms. The van der Waals surface area contributed by atoms with E-state index < -0.39 is 23.2 Å². The lowest BCUT2D eigenvalue weighted by Crippen LogP contribution is -2.46. The Morgan fingerprint density at radius 1 is 1.09 bits per heavy atom. The van der Waals surface area contributed by atoms with E-state index in [9.17, 15) is 27.9 Å². The Labute approximate surface area is 200 Å². The van der Waals surface area contributed by atoms with E-state index in [1.807, 2.05) is 0 Å². The highest BCUT2D eigenvalue weighted by atomic mass is 19.4. The lowest BCUT2D eigenvalue weighted by Gasteiger charge is -2.36. The number of amides is 2. The van der Waals surface area contributed by atoms with Crippen LogP contribution in [0, 0.1) is 0 Å². The Bertz CT molecular complexity index is 1040. The highest BCUT2D eigenvalue weighted by Gasteiger charge is 2.38. The van der Waals surface area contributed by atoms with Crippen molar-refractivity contribution in [1.29, 1.82) is 0 Å². The molecule has 2 aliphatic rings. The number of likely N-dealkylation sites (tertiary alicyclic amines) is 1. The second kappa shape index (κ2) is 10.3. The molecule has 2 fully saturated rings. The summed E-state index contributed by atoms with van der Waals surface area (Å²) in [5, 5.41) is 16.9.